The van der Waals surface area contributed by atoms with E-state index in [-0.39, 0.29) is 22.0 Å². The van der Waals surface area contributed by atoms with Crippen LogP contribution in [0.3, 0.4) is 0 Å². The highest BCUT2D eigenvalue weighted by Gasteiger charge is 2.32. The van der Waals surface area contributed by atoms with Gasteiger partial charge in [-0.05, 0) is 13.8 Å². The van der Waals surface area contributed by atoms with Crippen LogP contribution in [-0.4, -0.2) is 37.9 Å². The summed E-state index contributed by atoms with van der Waals surface area (Å²) in [6.45, 7) is 2.85. The Morgan fingerprint density at radius 1 is 1.25 bits per heavy atom. The van der Waals surface area contributed by atoms with Crippen molar-refractivity contribution in [3.8, 4) is 0 Å². The summed E-state index contributed by atoms with van der Waals surface area (Å²) in [7, 11) is -1.13. The highest BCUT2D eigenvalue weighted by atomic mass is 32.2. The molecule has 16 heavy (non-hydrogen) atoms. The quantitative estimate of drug-likeness (QED) is 0.855. The maximum Gasteiger partial charge on any atom is 0.340 e. The Morgan fingerprint density at radius 2 is 1.75 bits per heavy atom. The third kappa shape index (κ3) is 1.83. The van der Waals surface area contributed by atoms with Crippen molar-refractivity contribution >= 4 is 16.0 Å². The fraction of sp³-hybridized carbons (Fsp3) is 0.444. The van der Waals surface area contributed by atoms with Gasteiger partial charge in [0, 0.05) is 14.1 Å². The standard InChI is InChI=1S/C9H13NO5S/c1-5-7(9(11)12)8(6(2)15-5)16(13,14)10(3)4/h1-4H3,(H,11,12). The number of nitrogens with zero attached hydrogens (tertiary/aromatic N) is 1. The van der Waals surface area contributed by atoms with Crippen LogP contribution in [0, 0.1) is 13.8 Å². The maximum absolute atomic E-state index is 11.9. The molecular formula is C9H13NO5S. The molecule has 0 radical (unpaired) electrons. The molecule has 0 spiro atoms. The number of hydrogen-bond acceptors (Lipinski definition) is 4. The van der Waals surface area contributed by atoms with E-state index in [1.807, 2.05) is 0 Å². The molecule has 0 aliphatic rings. The molecule has 0 aliphatic heterocycles. The van der Waals surface area contributed by atoms with E-state index in [1.54, 1.807) is 0 Å². The average molecular weight is 247 g/mol. The van der Waals surface area contributed by atoms with Gasteiger partial charge in [0.1, 0.15) is 22.0 Å². The molecule has 6 nitrogen and oxygen atoms in total. The van der Waals surface area contributed by atoms with Crippen LogP contribution in [0.2, 0.25) is 0 Å². The van der Waals surface area contributed by atoms with E-state index >= 15 is 0 Å². The predicted octanol–water partition coefficient (Wildman–Crippen LogP) is 0.845. The first-order valence-electron chi connectivity index (χ1n) is 4.45. The molecule has 0 saturated heterocycles. The second-order valence-corrected chi connectivity index (χ2v) is 5.60. The van der Waals surface area contributed by atoms with Gasteiger partial charge in [-0.25, -0.2) is 17.5 Å². The van der Waals surface area contributed by atoms with Crippen molar-refractivity contribution in [1.29, 1.82) is 0 Å². The number of aromatic carboxylic acids is 1. The van der Waals surface area contributed by atoms with Crippen LogP contribution in [-0.2, 0) is 10.0 Å². The van der Waals surface area contributed by atoms with Crippen molar-refractivity contribution < 1.29 is 22.7 Å². The highest BCUT2D eigenvalue weighted by molar-refractivity contribution is 7.89. The smallest absolute Gasteiger partial charge is 0.340 e. The van der Waals surface area contributed by atoms with Gasteiger partial charge in [0.2, 0.25) is 10.0 Å². The van der Waals surface area contributed by atoms with Crippen LogP contribution in [0.25, 0.3) is 0 Å². The Labute approximate surface area is 93.5 Å². The first-order chi connectivity index (χ1) is 7.19. The molecule has 0 amide bonds. The van der Waals surface area contributed by atoms with Gasteiger partial charge >= 0.3 is 5.97 Å². The summed E-state index contributed by atoms with van der Waals surface area (Å²) in [4.78, 5) is 10.7. The van der Waals surface area contributed by atoms with Crippen molar-refractivity contribution in [3.63, 3.8) is 0 Å². The summed E-state index contributed by atoms with van der Waals surface area (Å²) in [5, 5.41) is 8.96. The monoisotopic (exact) mass is 247 g/mol. The first-order valence-corrected chi connectivity index (χ1v) is 5.89. The number of carboxylic acid groups (broad SMARTS) is 1. The predicted molar refractivity (Wildman–Crippen MR) is 56.0 cm³/mol. The molecule has 0 atom stereocenters. The zero-order valence-electron chi connectivity index (χ0n) is 9.44. The van der Waals surface area contributed by atoms with Gasteiger partial charge in [-0.3, -0.25) is 0 Å². The fourth-order valence-electron chi connectivity index (χ4n) is 1.40. The van der Waals surface area contributed by atoms with Crippen molar-refractivity contribution in [2.45, 2.75) is 18.7 Å². The van der Waals surface area contributed by atoms with Gasteiger partial charge < -0.3 is 9.52 Å². The molecule has 1 aromatic heterocycles. The summed E-state index contributed by atoms with van der Waals surface area (Å²) in [5.74, 6) is -1.14. The van der Waals surface area contributed by atoms with E-state index in [9.17, 15) is 13.2 Å². The SMILES string of the molecule is Cc1oc(C)c(S(=O)(=O)N(C)C)c1C(=O)O. The van der Waals surface area contributed by atoms with Gasteiger partial charge in [0.25, 0.3) is 0 Å². The molecule has 1 rings (SSSR count). The van der Waals surface area contributed by atoms with Crippen LogP contribution in [0.15, 0.2) is 9.31 Å². The lowest BCUT2D eigenvalue weighted by Crippen LogP contribution is -2.24. The topological polar surface area (TPSA) is 87.8 Å². The largest absolute Gasteiger partial charge is 0.478 e. The molecule has 7 heteroatoms. The number of carbonyl (C=O) groups is 1. The average Bonchev–Trinajstić information content (AvgIpc) is 2.40. The van der Waals surface area contributed by atoms with E-state index in [1.165, 1.54) is 27.9 Å². The van der Waals surface area contributed by atoms with Crippen molar-refractivity contribution in [2.24, 2.45) is 0 Å². The van der Waals surface area contributed by atoms with Gasteiger partial charge in [0.15, 0.2) is 0 Å². The third-order valence-corrected chi connectivity index (χ3v) is 4.13. The van der Waals surface area contributed by atoms with Crippen LogP contribution < -0.4 is 0 Å². The lowest BCUT2D eigenvalue weighted by atomic mass is 10.2. The van der Waals surface area contributed by atoms with Crippen molar-refractivity contribution in [2.75, 3.05) is 14.1 Å². The lowest BCUT2D eigenvalue weighted by Gasteiger charge is -2.10. The van der Waals surface area contributed by atoms with E-state index < -0.39 is 16.0 Å². The number of rotatable bonds is 3. The van der Waals surface area contributed by atoms with Crippen molar-refractivity contribution in [3.05, 3.63) is 17.1 Å². The molecule has 1 N–H and O–H groups in total. The first kappa shape index (κ1) is 12.7. The Hall–Kier alpha value is -1.34. The van der Waals surface area contributed by atoms with E-state index in [4.69, 9.17) is 9.52 Å². The second-order valence-electron chi connectivity index (χ2n) is 3.51. The van der Waals surface area contributed by atoms with Crippen LogP contribution >= 0.6 is 0 Å². The van der Waals surface area contributed by atoms with Crippen molar-refractivity contribution in [1.82, 2.24) is 4.31 Å². The maximum atomic E-state index is 11.9. The second kappa shape index (κ2) is 3.91. The molecule has 90 valence electrons. The Balaban J connectivity index is 3.63. The molecule has 1 heterocycles. The fourth-order valence-corrected chi connectivity index (χ4v) is 2.66. The van der Waals surface area contributed by atoms with Gasteiger partial charge in [0.05, 0.1) is 0 Å². The number of furan rings is 1. The Kier molecular flexibility index (Phi) is 3.11. The lowest BCUT2D eigenvalue weighted by molar-refractivity contribution is 0.0691. The van der Waals surface area contributed by atoms with Crippen LogP contribution in [0.5, 0.6) is 0 Å². The molecular weight excluding hydrogens is 234 g/mol. The Bertz CT molecular complexity index is 526. The zero-order valence-corrected chi connectivity index (χ0v) is 10.3. The molecule has 0 aromatic carbocycles. The number of carboxylic acids is 1. The number of aryl methyl sites for hydroxylation is 2. The zero-order chi connectivity index (χ0) is 12.7. The van der Waals surface area contributed by atoms with Gasteiger partial charge in [-0.1, -0.05) is 0 Å². The summed E-state index contributed by atoms with van der Waals surface area (Å²) in [5.41, 5.74) is -0.300. The van der Waals surface area contributed by atoms with Crippen LogP contribution in [0.4, 0.5) is 0 Å². The number of sulfonamides is 1. The Morgan fingerprint density at radius 3 is 2.12 bits per heavy atom. The molecule has 0 fully saturated rings. The molecule has 0 aliphatic carbocycles. The van der Waals surface area contributed by atoms with E-state index in [0.29, 0.717) is 0 Å². The normalized spacial score (nSPS) is 12.1. The summed E-state index contributed by atoms with van der Waals surface area (Å²) in [6.07, 6.45) is 0. The summed E-state index contributed by atoms with van der Waals surface area (Å²) in [6, 6.07) is 0. The van der Waals surface area contributed by atoms with Gasteiger partial charge in [-0.2, -0.15) is 0 Å². The molecule has 0 saturated carbocycles. The van der Waals surface area contributed by atoms with E-state index in [0.717, 1.165) is 4.31 Å². The number of hydrogen-bond donors (Lipinski definition) is 1. The minimum atomic E-state index is -3.80. The highest BCUT2D eigenvalue weighted by Crippen LogP contribution is 2.28. The van der Waals surface area contributed by atoms with Crippen LogP contribution in [0.1, 0.15) is 21.9 Å². The minimum Gasteiger partial charge on any atom is -0.478 e. The molecule has 1 aromatic rings. The van der Waals surface area contributed by atoms with E-state index in [2.05, 4.69) is 0 Å². The minimum absolute atomic E-state index is 0.0867. The third-order valence-electron chi connectivity index (χ3n) is 2.16. The van der Waals surface area contributed by atoms with Gasteiger partial charge in [-0.15, -0.1) is 0 Å². The molecule has 0 bridgehead atoms. The summed E-state index contributed by atoms with van der Waals surface area (Å²) >= 11 is 0. The molecule has 0 unspecified atom stereocenters. The summed E-state index contributed by atoms with van der Waals surface area (Å²) < 4.78 is 29.8.